The second kappa shape index (κ2) is 10.9. The van der Waals surface area contributed by atoms with Crippen molar-refractivity contribution in [1.29, 1.82) is 0 Å². The summed E-state index contributed by atoms with van der Waals surface area (Å²) in [5.41, 5.74) is 2.84. The molecule has 3 aromatic carbocycles. The molecule has 3 N–H and O–H groups in total. The molecule has 0 radical (unpaired) electrons. The Morgan fingerprint density at radius 3 is 1.16 bits per heavy atom. The lowest BCUT2D eigenvalue weighted by atomic mass is 9.66. The molecule has 0 bridgehead atoms. The first kappa shape index (κ1) is 22.7. The third-order valence-electron chi connectivity index (χ3n) is 6.24. The van der Waals surface area contributed by atoms with Crippen LogP contribution in [0.4, 0.5) is 0 Å². The number of phenols is 3. The van der Waals surface area contributed by atoms with Crippen LogP contribution in [0.2, 0.25) is 0 Å². The molecule has 3 aromatic rings. The van der Waals surface area contributed by atoms with Gasteiger partial charge in [0.25, 0.3) is 0 Å². The predicted octanol–water partition coefficient (Wildman–Crippen LogP) is 7.28. The smallest absolute Gasteiger partial charge is 0.115 e. The standard InChI is InChI=1S/C28H34O3/c1-2-3-4-5-6-7-8-21-28(22-9-15-25(29)16-10-22,23-11-17-26(30)18-12-23)24-13-19-27(31)20-14-24/h9-20,29-31H,2-8,21H2,1H3. The summed E-state index contributed by atoms with van der Waals surface area (Å²) < 4.78 is 0. The van der Waals surface area contributed by atoms with Gasteiger partial charge in [-0.2, -0.15) is 0 Å². The first-order valence-electron chi connectivity index (χ1n) is 11.4. The highest BCUT2D eigenvalue weighted by Gasteiger charge is 2.36. The Morgan fingerprint density at radius 2 is 0.806 bits per heavy atom. The number of hydrogen-bond acceptors (Lipinski definition) is 3. The van der Waals surface area contributed by atoms with Gasteiger partial charge < -0.3 is 15.3 Å². The number of phenolic OH excluding ortho intramolecular Hbond substituents is 3. The van der Waals surface area contributed by atoms with Gasteiger partial charge >= 0.3 is 0 Å². The van der Waals surface area contributed by atoms with E-state index >= 15 is 0 Å². The van der Waals surface area contributed by atoms with Crippen molar-refractivity contribution in [1.82, 2.24) is 0 Å². The molecular weight excluding hydrogens is 384 g/mol. The zero-order valence-electron chi connectivity index (χ0n) is 18.4. The van der Waals surface area contributed by atoms with Crippen molar-refractivity contribution < 1.29 is 15.3 Å². The van der Waals surface area contributed by atoms with Crippen molar-refractivity contribution in [2.45, 2.75) is 63.7 Å². The summed E-state index contributed by atoms with van der Waals surface area (Å²) in [4.78, 5) is 0. The molecule has 0 fully saturated rings. The van der Waals surface area contributed by atoms with E-state index in [9.17, 15) is 15.3 Å². The van der Waals surface area contributed by atoms with E-state index < -0.39 is 5.41 Å². The highest BCUT2D eigenvalue weighted by Crippen LogP contribution is 2.44. The summed E-state index contributed by atoms with van der Waals surface area (Å²) in [5.74, 6) is 0.722. The zero-order valence-corrected chi connectivity index (χ0v) is 18.4. The Balaban J connectivity index is 1.99. The van der Waals surface area contributed by atoms with Gasteiger partial charge in [-0.15, -0.1) is 0 Å². The number of hydrogen-bond donors (Lipinski definition) is 3. The molecule has 0 aliphatic heterocycles. The van der Waals surface area contributed by atoms with Gasteiger partial charge in [0.1, 0.15) is 17.2 Å². The van der Waals surface area contributed by atoms with E-state index in [1.54, 1.807) is 36.4 Å². The van der Waals surface area contributed by atoms with E-state index in [1.807, 2.05) is 36.4 Å². The Hall–Kier alpha value is -2.94. The molecule has 31 heavy (non-hydrogen) atoms. The molecule has 3 nitrogen and oxygen atoms in total. The van der Waals surface area contributed by atoms with Crippen LogP contribution in [0.15, 0.2) is 72.8 Å². The number of rotatable bonds is 11. The zero-order chi connectivity index (χ0) is 22.1. The van der Waals surface area contributed by atoms with E-state index in [1.165, 1.54) is 38.5 Å². The van der Waals surface area contributed by atoms with Crippen molar-refractivity contribution >= 4 is 0 Å². The van der Waals surface area contributed by atoms with E-state index in [2.05, 4.69) is 6.92 Å². The quantitative estimate of drug-likeness (QED) is 0.226. The summed E-state index contributed by atoms with van der Waals surface area (Å²) in [5, 5.41) is 29.7. The van der Waals surface area contributed by atoms with E-state index in [0.717, 1.165) is 29.5 Å². The van der Waals surface area contributed by atoms with Crippen molar-refractivity contribution in [3.05, 3.63) is 89.5 Å². The molecule has 0 aliphatic rings. The molecule has 3 rings (SSSR count). The third-order valence-corrected chi connectivity index (χ3v) is 6.24. The highest BCUT2D eigenvalue weighted by atomic mass is 16.3. The summed E-state index contributed by atoms with van der Waals surface area (Å²) in [7, 11) is 0. The fraction of sp³-hybridized carbons (Fsp3) is 0.357. The Morgan fingerprint density at radius 1 is 0.484 bits per heavy atom. The van der Waals surface area contributed by atoms with Crippen molar-refractivity contribution in [3.8, 4) is 17.2 Å². The molecule has 164 valence electrons. The molecule has 0 saturated carbocycles. The summed E-state index contributed by atoms with van der Waals surface area (Å²) in [6.45, 7) is 2.24. The lowest BCUT2D eigenvalue weighted by Crippen LogP contribution is -2.29. The topological polar surface area (TPSA) is 60.7 Å². The monoisotopic (exact) mass is 418 g/mol. The lowest BCUT2D eigenvalue weighted by Gasteiger charge is -2.36. The van der Waals surface area contributed by atoms with Crippen LogP contribution >= 0.6 is 0 Å². The van der Waals surface area contributed by atoms with Crippen LogP contribution in [0, 0.1) is 0 Å². The van der Waals surface area contributed by atoms with Gasteiger partial charge in [-0.25, -0.2) is 0 Å². The Labute approximate surface area is 186 Å². The average molecular weight is 419 g/mol. The number of benzene rings is 3. The van der Waals surface area contributed by atoms with Crippen LogP contribution in [-0.2, 0) is 5.41 Å². The highest BCUT2D eigenvalue weighted by molar-refractivity contribution is 5.52. The van der Waals surface area contributed by atoms with E-state index in [-0.39, 0.29) is 17.2 Å². The second-order valence-corrected chi connectivity index (χ2v) is 8.42. The minimum Gasteiger partial charge on any atom is -0.508 e. The maximum Gasteiger partial charge on any atom is 0.115 e. The molecule has 0 aromatic heterocycles. The van der Waals surface area contributed by atoms with Crippen LogP contribution < -0.4 is 0 Å². The molecule has 0 heterocycles. The van der Waals surface area contributed by atoms with Gasteiger partial charge in [-0.3, -0.25) is 0 Å². The van der Waals surface area contributed by atoms with Gasteiger partial charge in [0, 0.05) is 5.41 Å². The van der Waals surface area contributed by atoms with Gasteiger partial charge in [0.05, 0.1) is 0 Å². The van der Waals surface area contributed by atoms with Crippen LogP contribution in [0.25, 0.3) is 0 Å². The van der Waals surface area contributed by atoms with Crippen LogP contribution in [-0.4, -0.2) is 15.3 Å². The molecule has 0 saturated heterocycles. The van der Waals surface area contributed by atoms with E-state index in [4.69, 9.17) is 0 Å². The molecular formula is C28H34O3. The minimum atomic E-state index is -0.432. The van der Waals surface area contributed by atoms with Crippen molar-refractivity contribution in [3.63, 3.8) is 0 Å². The maximum atomic E-state index is 9.89. The molecule has 0 atom stereocenters. The van der Waals surface area contributed by atoms with Gasteiger partial charge in [-0.05, 0) is 59.5 Å². The van der Waals surface area contributed by atoms with Gasteiger partial charge in [-0.1, -0.05) is 88.3 Å². The fourth-order valence-electron chi connectivity index (χ4n) is 4.52. The lowest BCUT2D eigenvalue weighted by molar-refractivity contribution is 0.467. The summed E-state index contributed by atoms with van der Waals surface area (Å²) in [6, 6.07) is 22.3. The third kappa shape index (κ3) is 5.61. The first-order valence-corrected chi connectivity index (χ1v) is 11.4. The fourth-order valence-corrected chi connectivity index (χ4v) is 4.52. The van der Waals surface area contributed by atoms with Crippen LogP contribution in [0.3, 0.4) is 0 Å². The van der Waals surface area contributed by atoms with Gasteiger partial charge in [0.15, 0.2) is 0 Å². The number of unbranched alkanes of at least 4 members (excludes halogenated alkanes) is 6. The average Bonchev–Trinajstić information content (AvgIpc) is 2.78. The number of aromatic hydroxyl groups is 3. The largest absolute Gasteiger partial charge is 0.508 e. The molecule has 0 unspecified atom stereocenters. The SMILES string of the molecule is CCCCCCCCCC(c1ccc(O)cc1)(c1ccc(O)cc1)c1ccc(O)cc1. The molecule has 3 heteroatoms. The van der Waals surface area contributed by atoms with Crippen molar-refractivity contribution in [2.75, 3.05) is 0 Å². The van der Waals surface area contributed by atoms with Crippen molar-refractivity contribution in [2.24, 2.45) is 0 Å². The summed E-state index contributed by atoms with van der Waals surface area (Å²) in [6.07, 6.45) is 9.50. The first-order chi connectivity index (χ1) is 15.1. The molecule has 0 aliphatic carbocycles. The second-order valence-electron chi connectivity index (χ2n) is 8.42. The molecule has 0 amide bonds. The molecule has 0 spiro atoms. The Kier molecular flexibility index (Phi) is 8.00. The maximum absolute atomic E-state index is 9.89. The van der Waals surface area contributed by atoms with Crippen LogP contribution in [0.1, 0.15) is 75.0 Å². The minimum absolute atomic E-state index is 0.241. The normalized spacial score (nSPS) is 11.5. The summed E-state index contributed by atoms with van der Waals surface area (Å²) >= 11 is 0. The van der Waals surface area contributed by atoms with E-state index in [0.29, 0.717) is 0 Å². The van der Waals surface area contributed by atoms with Gasteiger partial charge in [0.2, 0.25) is 0 Å². The van der Waals surface area contributed by atoms with Crippen LogP contribution in [0.5, 0.6) is 17.2 Å². The predicted molar refractivity (Wildman–Crippen MR) is 127 cm³/mol. The Bertz CT molecular complexity index is 801.